The van der Waals surface area contributed by atoms with Gasteiger partial charge in [-0.25, -0.2) is 29.7 Å². The van der Waals surface area contributed by atoms with Gasteiger partial charge in [-0.1, -0.05) is 12.1 Å². The van der Waals surface area contributed by atoms with E-state index in [0.29, 0.717) is 22.3 Å². The molecule has 63 heavy (non-hydrogen) atoms. The molecule has 0 radical (unpaired) electrons. The quantitative estimate of drug-likeness (QED) is 0.0690. The Bertz CT molecular complexity index is 2470. The average Bonchev–Trinajstić information content (AvgIpc) is 3.18. The summed E-state index contributed by atoms with van der Waals surface area (Å²) < 4.78 is 45.2. The number of hydrogen-bond acceptors (Lipinski definition) is 11. The van der Waals surface area contributed by atoms with Crippen LogP contribution in [0, 0.1) is 18.8 Å². The summed E-state index contributed by atoms with van der Waals surface area (Å²) in [5, 5.41) is 0. The molecule has 348 valence electrons. The molecule has 0 saturated carbocycles. The van der Waals surface area contributed by atoms with Crippen molar-refractivity contribution in [2.45, 2.75) is 99.4 Å². The summed E-state index contributed by atoms with van der Waals surface area (Å²) in [5.41, 5.74) is -0.0601. The standard InChI is InChI=1S/C21H27FIN3O5.C16H16FIN2O3.C6H15NO2/c1-6-26-16(11-13-7-8-14(23)12-15(13)22)17(19(28)25(5)20(26)29)18(27)24-31-10-9-30-21(2,3)4;1-4-20-13(7-10-5-6-11(18)8-12(10)17)14(9(2)21)15(22)19(3)16(20)23;1-6(2,3)8-4-5-9-7/h7-8,12H,6,9-11H2,1-5H3,(H,24,27);5-6,8H,4,7H2,1-3H3;4-5,7H2,1-3H3. The van der Waals surface area contributed by atoms with Crippen LogP contribution in [0.5, 0.6) is 0 Å². The summed E-state index contributed by atoms with van der Waals surface area (Å²) in [6.45, 7) is 18.2. The number of amides is 1. The maximum Gasteiger partial charge on any atom is 0.330 e. The van der Waals surface area contributed by atoms with Crippen molar-refractivity contribution in [3.05, 3.63) is 130 Å². The van der Waals surface area contributed by atoms with Gasteiger partial charge in [-0.2, -0.15) is 0 Å². The number of carbonyl (C=O) groups excluding carboxylic acids is 2. The van der Waals surface area contributed by atoms with Gasteiger partial charge in [0, 0.05) is 58.6 Å². The minimum Gasteiger partial charge on any atom is -0.373 e. The molecule has 0 aliphatic rings. The van der Waals surface area contributed by atoms with Gasteiger partial charge >= 0.3 is 11.4 Å². The molecule has 4 aromatic rings. The molecular formula is C43H58F2I2N6O10. The number of benzene rings is 2. The molecule has 3 N–H and O–H groups in total. The zero-order valence-electron chi connectivity index (χ0n) is 37.6. The number of nitrogens with two attached hydrogens (primary N) is 1. The SMILES string of the molecule is CC(C)(C)OCCON.CCn1c(Cc2ccc(I)cc2F)c(C(=O)NOCCOC(C)(C)C)c(=O)n(C)c1=O.CCn1c(Cc2ccc(I)cc2F)c(C(C)=O)c(=O)n(C)c1=O. The summed E-state index contributed by atoms with van der Waals surface area (Å²) in [5.74, 6) is 2.63. The first kappa shape index (κ1) is 55.2. The van der Waals surface area contributed by atoms with E-state index in [4.69, 9.17) is 20.2 Å². The van der Waals surface area contributed by atoms with E-state index in [9.17, 15) is 37.5 Å². The number of aromatic nitrogens is 4. The fraction of sp³-hybridized carbons (Fsp3) is 0.488. The molecule has 0 unspecified atom stereocenters. The van der Waals surface area contributed by atoms with Crippen LogP contribution in [0.2, 0.25) is 0 Å². The zero-order chi connectivity index (χ0) is 48.0. The lowest BCUT2D eigenvalue weighted by Gasteiger charge is -2.19. The van der Waals surface area contributed by atoms with Crippen LogP contribution in [0.1, 0.15) is 106 Å². The second-order valence-corrected chi connectivity index (χ2v) is 18.4. The van der Waals surface area contributed by atoms with E-state index in [1.165, 1.54) is 42.3 Å². The number of carbonyl (C=O) groups is 2. The Hall–Kier alpha value is -3.94. The average molecular weight is 1110 g/mol. The minimum absolute atomic E-state index is 0.0107. The zero-order valence-corrected chi connectivity index (χ0v) is 41.9. The van der Waals surface area contributed by atoms with Crippen molar-refractivity contribution in [2.75, 3.05) is 26.4 Å². The molecule has 0 fully saturated rings. The molecule has 0 atom stereocenters. The number of rotatable bonds is 15. The monoisotopic (exact) mass is 1110 g/mol. The molecule has 0 saturated heterocycles. The Morgan fingerprint density at radius 3 is 1.44 bits per heavy atom. The van der Waals surface area contributed by atoms with Gasteiger partial charge in [0.2, 0.25) is 0 Å². The maximum atomic E-state index is 14.5. The Labute approximate surface area is 392 Å². The molecule has 2 heterocycles. The van der Waals surface area contributed by atoms with Crippen LogP contribution >= 0.6 is 45.2 Å². The Balaban J connectivity index is 0.000000373. The van der Waals surface area contributed by atoms with Gasteiger partial charge in [0.1, 0.15) is 22.8 Å². The first-order valence-corrected chi connectivity index (χ1v) is 22.0. The molecule has 0 spiro atoms. The second kappa shape index (κ2) is 24.9. The van der Waals surface area contributed by atoms with E-state index in [0.717, 1.165) is 12.7 Å². The van der Waals surface area contributed by atoms with Gasteiger partial charge in [-0.05, 0) is 143 Å². The van der Waals surface area contributed by atoms with Crippen molar-refractivity contribution >= 4 is 56.9 Å². The lowest BCUT2D eigenvalue weighted by molar-refractivity contribution is -0.0512. The van der Waals surface area contributed by atoms with Crippen molar-refractivity contribution in [1.82, 2.24) is 23.7 Å². The second-order valence-electron chi connectivity index (χ2n) is 15.9. The predicted octanol–water partition coefficient (Wildman–Crippen LogP) is 5.17. The van der Waals surface area contributed by atoms with Gasteiger partial charge in [-0.15, -0.1) is 0 Å². The summed E-state index contributed by atoms with van der Waals surface area (Å²) >= 11 is 3.98. The number of Topliss-reactive ketones (excluding diaryl/α,β-unsaturated/α-hetero) is 1. The van der Waals surface area contributed by atoms with Crippen LogP contribution in [0.25, 0.3) is 0 Å². The number of nitrogens with one attached hydrogen (secondary N) is 1. The van der Waals surface area contributed by atoms with Crippen LogP contribution in [-0.2, 0) is 59.2 Å². The van der Waals surface area contributed by atoms with E-state index >= 15 is 0 Å². The summed E-state index contributed by atoms with van der Waals surface area (Å²) in [7, 11) is 2.62. The summed E-state index contributed by atoms with van der Waals surface area (Å²) in [4.78, 5) is 84.1. The van der Waals surface area contributed by atoms with E-state index in [1.54, 1.807) is 38.1 Å². The van der Waals surface area contributed by atoms with E-state index in [2.05, 4.69) is 10.3 Å². The molecule has 0 aliphatic carbocycles. The lowest BCUT2D eigenvalue weighted by Crippen LogP contribution is -2.45. The topological polar surface area (TPSA) is 197 Å². The van der Waals surface area contributed by atoms with Crippen LogP contribution < -0.4 is 33.9 Å². The highest BCUT2D eigenvalue weighted by Gasteiger charge is 2.25. The molecule has 16 nitrogen and oxygen atoms in total. The van der Waals surface area contributed by atoms with Gasteiger partial charge in [-0.3, -0.25) is 42.3 Å². The van der Waals surface area contributed by atoms with Crippen LogP contribution in [0.4, 0.5) is 8.78 Å². The van der Waals surface area contributed by atoms with Crippen molar-refractivity contribution in [3.63, 3.8) is 0 Å². The maximum absolute atomic E-state index is 14.5. The molecule has 0 aliphatic heterocycles. The molecule has 0 bridgehead atoms. The molecule has 20 heteroatoms. The van der Waals surface area contributed by atoms with E-state index in [1.807, 2.05) is 86.7 Å². The third-order valence-electron chi connectivity index (χ3n) is 8.88. The first-order valence-electron chi connectivity index (χ1n) is 19.9. The Kier molecular flexibility index (Phi) is 21.8. The van der Waals surface area contributed by atoms with Crippen LogP contribution in [-0.4, -0.2) is 67.6 Å². The third kappa shape index (κ3) is 16.5. The Morgan fingerprint density at radius 2 is 1.08 bits per heavy atom. The first-order chi connectivity index (χ1) is 29.3. The fourth-order valence-corrected chi connectivity index (χ4v) is 6.77. The molecule has 2 aromatic heterocycles. The highest BCUT2D eigenvalue weighted by Crippen LogP contribution is 2.19. The number of ether oxygens (including phenoxy) is 2. The predicted molar refractivity (Wildman–Crippen MR) is 252 cm³/mol. The van der Waals surface area contributed by atoms with Crippen LogP contribution in [0.15, 0.2) is 55.6 Å². The number of halogens is 4. The third-order valence-corrected chi connectivity index (χ3v) is 10.2. The summed E-state index contributed by atoms with van der Waals surface area (Å²) in [6, 6.07) is 9.35. The van der Waals surface area contributed by atoms with Crippen molar-refractivity contribution in [3.8, 4) is 0 Å². The van der Waals surface area contributed by atoms with Gasteiger partial charge < -0.3 is 14.3 Å². The van der Waals surface area contributed by atoms with E-state index in [-0.39, 0.29) is 78.4 Å². The minimum atomic E-state index is -0.806. The van der Waals surface area contributed by atoms with E-state index < -0.39 is 45.8 Å². The van der Waals surface area contributed by atoms with Crippen molar-refractivity contribution in [2.24, 2.45) is 20.0 Å². The highest BCUT2D eigenvalue weighted by atomic mass is 127. The smallest absolute Gasteiger partial charge is 0.330 e. The van der Waals surface area contributed by atoms with Gasteiger partial charge in [0.15, 0.2) is 5.78 Å². The number of hydroxylamine groups is 1. The highest BCUT2D eigenvalue weighted by molar-refractivity contribution is 14.1. The largest absolute Gasteiger partial charge is 0.373 e. The van der Waals surface area contributed by atoms with Gasteiger partial charge in [0.25, 0.3) is 17.0 Å². The van der Waals surface area contributed by atoms with Crippen LogP contribution in [0.3, 0.4) is 0 Å². The number of ketones is 1. The molecule has 2 aromatic carbocycles. The fourth-order valence-electron chi connectivity index (χ4n) is 5.86. The molecule has 1 amide bonds. The van der Waals surface area contributed by atoms with Crippen molar-refractivity contribution < 1.29 is 37.5 Å². The van der Waals surface area contributed by atoms with Crippen molar-refractivity contribution in [1.29, 1.82) is 0 Å². The number of hydrogen-bond donors (Lipinski definition) is 2. The van der Waals surface area contributed by atoms with Gasteiger partial charge in [0.05, 0.1) is 37.6 Å². The number of nitrogens with zero attached hydrogens (tertiary/aromatic N) is 4. The summed E-state index contributed by atoms with van der Waals surface area (Å²) in [6.07, 6.45) is -0.0887. The molecule has 4 rings (SSSR count). The normalized spacial score (nSPS) is 11.4. The molecular weight excluding hydrogens is 1050 g/mol. The lowest BCUT2D eigenvalue weighted by atomic mass is 10.0. The Morgan fingerprint density at radius 1 is 0.683 bits per heavy atom.